The van der Waals surface area contributed by atoms with E-state index < -0.39 is 34.4 Å². The maximum atomic E-state index is 12.3. The van der Waals surface area contributed by atoms with Crippen LogP contribution in [0.4, 0.5) is 0 Å². The Morgan fingerprint density at radius 2 is 1.83 bits per heavy atom. The zero-order chi connectivity index (χ0) is 21.7. The third-order valence-electron chi connectivity index (χ3n) is 4.66. The molecule has 4 N–H and O–H groups in total. The number of rotatable bonds is 8. The topological polar surface area (TPSA) is 138 Å². The van der Waals surface area contributed by atoms with E-state index >= 15 is 0 Å². The largest absolute Gasteiger partial charge is 0.388 e. The van der Waals surface area contributed by atoms with Crippen LogP contribution in [0.3, 0.4) is 0 Å². The smallest absolute Gasteiger partial charge is 0.240 e. The minimum Gasteiger partial charge on any atom is -0.388 e. The minimum absolute atomic E-state index is 0.00580. The van der Waals surface area contributed by atoms with Gasteiger partial charge in [-0.05, 0) is 35.9 Å². The summed E-state index contributed by atoms with van der Waals surface area (Å²) in [6.45, 7) is -0.000643. The molecule has 0 radical (unpaired) electrons. The second-order valence-electron chi connectivity index (χ2n) is 6.84. The van der Waals surface area contributed by atoms with Gasteiger partial charge < -0.3 is 20.3 Å². The lowest BCUT2D eigenvalue weighted by Gasteiger charge is -2.15. The van der Waals surface area contributed by atoms with Crippen molar-refractivity contribution >= 4 is 27.5 Å². The number of aliphatic hydroxyl groups excluding tert-OH is 2. The van der Waals surface area contributed by atoms with E-state index in [4.69, 9.17) is 16.3 Å². The van der Waals surface area contributed by atoms with Crippen LogP contribution in [0.1, 0.15) is 12.0 Å². The molecular formula is C19H22ClN3O6S. The number of carbonyl (C=O) groups is 1. The van der Waals surface area contributed by atoms with Gasteiger partial charge in [-0.25, -0.2) is 13.1 Å². The molecule has 1 aromatic heterocycles. The lowest BCUT2D eigenvalue weighted by Crippen LogP contribution is -2.40. The maximum Gasteiger partial charge on any atom is 0.240 e. The summed E-state index contributed by atoms with van der Waals surface area (Å²) in [6, 6.07) is 9.14. The Morgan fingerprint density at radius 3 is 2.50 bits per heavy atom. The van der Waals surface area contributed by atoms with E-state index in [0.29, 0.717) is 5.02 Å². The molecule has 4 unspecified atom stereocenters. The van der Waals surface area contributed by atoms with Gasteiger partial charge in [0, 0.05) is 30.5 Å². The summed E-state index contributed by atoms with van der Waals surface area (Å²) >= 11 is 5.76. The summed E-state index contributed by atoms with van der Waals surface area (Å²) in [5.41, 5.74) is 0.813. The van der Waals surface area contributed by atoms with Crippen molar-refractivity contribution in [3.63, 3.8) is 0 Å². The Labute approximate surface area is 179 Å². The molecule has 11 heteroatoms. The average molecular weight is 456 g/mol. The molecule has 1 fully saturated rings. The molecule has 1 aliphatic rings. The van der Waals surface area contributed by atoms with Crippen LogP contribution in [0.25, 0.3) is 0 Å². The SMILES string of the molecule is O=C(CC1OC(CNS(=O)(=O)c2ccc(Cl)cc2)C(O)C1O)NCc1cccnc1. The van der Waals surface area contributed by atoms with Gasteiger partial charge in [0.2, 0.25) is 15.9 Å². The summed E-state index contributed by atoms with van der Waals surface area (Å²) in [5.74, 6) is -0.377. The van der Waals surface area contributed by atoms with Gasteiger partial charge in [0.25, 0.3) is 0 Å². The summed E-state index contributed by atoms with van der Waals surface area (Å²) in [4.78, 5) is 16.1. The number of halogens is 1. The first-order chi connectivity index (χ1) is 14.3. The number of hydrogen-bond acceptors (Lipinski definition) is 7. The van der Waals surface area contributed by atoms with Gasteiger partial charge in [-0.3, -0.25) is 9.78 Å². The Hall–Kier alpha value is -2.08. The lowest BCUT2D eigenvalue weighted by molar-refractivity contribution is -0.125. The number of benzene rings is 1. The molecular weight excluding hydrogens is 434 g/mol. The van der Waals surface area contributed by atoms with Gasteiger partial charge in [-0.1, -0.05) is 17.7 Å². The van der Waals surface area contributed by atoms with Crippen LogP contribution in [-0.4, -0.2) is 60.5 Å². The number of ether oxygens (including phenoxy) is 1. The molecule has 0 spiro atoms. The number of aromatic nitrogens is 1. The molecule has 4 atom stereocenters. The first-order valence-corrected chi connectivity index (χ1v) is 11.0. The number of hydrogen-bond donors (Lipinski definition) is 4. The number of amides is 1. The number of carbonyl (C=O) groups excluding carboxylic acids is 1. The van der Waals surface area contributed by atoms with Gasteiger partial charge in [0.1, 0.15) is 18.3 Å². The quantitative estimate of drug-likeness (QED) is 0.446. The highest BCUT2D eigenvalue weighted by Gasteiger charge is 2.43. The Balaban J connectivity index is 1.51. The first-order valence-electron chi connectivity index (χ1n) is 9.18. The number of nitrogens with zero attached hydrogens (tertiary/aromatic N) is 1. The molecule has 3 rings (SSSR count). The van der Waals surface area contributed by atoms with E-state index in [1.54, 1.807) is 24.5 Å². The molecule has 162 valence electrons. The standard InChI is InChI=1S/C19H22ClN3O6S/c20-13-3-5-14(6-4-13)30(27,28)23-11-16-19(26)18(25)15(29-16)8-17(24)22-10-12-2-1-7-21-9-12/h1-7,9,15-16,18-19,23,25-26H,8,10-11H2,(H,22,24). The number of aliphatic hydroxyl groups is 2. The molecule has 9 nitrogen and oxygen atoms in total. The van der Waals surface area contributed by atoms with Crippen molar-refractivity contribution in [3.8, 4) is 0 Å². The van der Waals surface area contributed by atoms with E-state index in [2.05, 4.69) is 15.0 Å². The lowest BCUT2D eigenvalue weighted by atomic mass is 10.1. The van der Waals surface area contributed by atoms with Crippen molar-refractivity contribution in [2.24, 2.45) is 0 Å². The van der Waals surface area contributed by atoms with Gasteiger partial charge in [-0.15, -0.1) is 0 Å². The molecule has 1 aliphatic heterocycles. The van der Waals surface area contributed by atoms with E-state index in [1.165, 1.54) is 24.3 Å². The van der Waals surface area contributed by atoms with E-state index in [9.17, 15) is 23.4 Å². The van der Waals surface area contributed by atoms with Crippen molar-refractivity contribution in [3.05, 3.63) is 59.4 Å². The third kappa shape index (κ3) is 5.75. The molecule has 1 amide bonds. The van der Waals surface area contributed by atoms with Gasteiger partial charge in [0.05, 0.1) is 17.4 Å². The zero-order valence-electron chi connectivity index (χ0n) is 15.8. The minimum atomic E-state index is -3.85. The molecule has 0 saturated carbocycles. The van der Waals surface area contributed by atoms with E-state index in [1.807, 2.05) is 0 Å². The summed E-state index contributed by atoms with van der Waals surface area (Å²) in [5, 5.41) is 23.5. The van der Waals surface area contributed by atoms with E-state index in [-0.39, 0.29) is 30.3 Å². The van der Waals surface area contributed by atoms with Crippen molar-refractivity contribution in [1.82, 2.24) is 15.0 Å². The Morgan fingerprint density at radius 1 is 1.13 bits per heavy atom. The van der Waals surface area contributed by atoms with Gasteiger partial charge >= 0.3 is 0 Å². The monoisotopic (exact) mass is 455 g/mol. The number of pyridine rings is 1. The number of nitrogens with one attached hydrogen (secondary N) is 2. The molecule has 0 aliphatic carbocycles. The summed E-state index contributed by atoms with van der Waals surface area (Å²) in [7, 11) is -3.85. The Kier molecular flexibility index (Phi) is 7.40. The van der Waals surface area contributed by atoms with Crippen LogP contribution in [0, 0.1) is 0 Å². The van der Waals surface area contributed by atoms with Crippen LogP contribution >= 0.6 is 11.6 Å². The zero-order valence-corrected chi connectivity index (χ0v) is 17.4. The summed E-state index contributed by atoms with van der Waals surface area (Å²) in [6.07, 6.45) is -1.56. The third-order valence-corrected chi connectivity index (χ3v) is 6.35. The van der Waals surface area contributed by atoms with Crippen molar-refractivity contribution in [2.75, 3.05) is 6.54 Å². The van der Waals surface area contributed by atoms with Crippen LogP contribution in [0.2, 0.25) is 5.02 Å². The molecule has 1 aromatic carbocycles. The second-order valence-corrected chi connectivity index (χ2v) is 9.05. The fraction of sp³-hybridized carbons (Fsp3) is 0.368. The van der Waals surface area contributed by atoms with Crippen molar-refractivity contribution in [1.29, 1.82) is 0 Å². The van der Waals surface area contributed by atoms with Crippen LogP contribution in [0.15, 0.2) is 53.7 Å². The average Bonchev–Trinajstić information content (AvgIpc) is 3.00. The van der Waals surface area contributed by atoms with Crippen molar-refractivity contribution in [2.45, 2.75) is 42.3 Å². The fourth-order valence-corrected chi connectivity index (χ4v) is 4.18. The molecule has 0 bridgehead atoms. The normalized spacial score (nSPS) is 24.0. The van der Waals surface area contributed by atoms with E-state index in [0.717, 1.165) is 5.56 Å². The van der Waals surface area contributed by atoms with Gasteiger partial charge in [0.15, 0.2) is 0 Å². The first kappa shape index (κ1) is 22.6. The van der Waals surface area contributed by atoms with Crippen molar-refractivity contribution < 1.29 is 28.2 Å². The maximum absolute atomic E-state index is 12.3. The van der Waals surface area contributed by atoms with Crippen LogP contribution in [0.5, 0.6) is 0 Å². The van der Waals surface area contributed by atoms with Gasteiger partial charge in [-0.2, -0.15) is 0 Å². The predicted molar refractivity (Wildman–Crippen MR) is 108 cm³/mol. The molecule has 2 heterocycles. The highest BCUT2D eigenvalue weighted by Crippen LogP contribution is 2.24. The van der Waals surface area contributed by atoms with Crippen LogP contribution < -0.4 is 10.0 Å². The van der Waals surface area contributed by atoms with Crippen LogP contribution in [-0.2, 0) is 26.1 Å². The molecule has 2 aromatic rings. The second kappa shape index (κ2) is 9.82. The molecule has 30 heavy (non-hydrogen) atoms. The highest BCUT2D eigenvalue weighted by molar-refractivity contribution is 7.89. The Bertz CT molecular complexity index is 958. The molecule has 1 saturated heterocycles. The highest BCUT2D eigenvalue weighted by atomic mass is 35.5. The fourth-order valence-electron chi connectivity index (χ4n) is 3.01. The summed E-state index contributed by atoms with van der Waals surface area (Å²) < 4.78 is 32.6. The number of sulfonamides is 1. The predicted octanol–water partition coefficient (Wildman–Crippen LogP) is 0.209.